The average molecular weight is 318 g/mol. The minimum atomic E-state index is -0.313. The number of fused-ring (bicyclic) bond motifs is 1. The summed E-state index contributed by atoms with van der Waals surface area (Å²) in [6, 6.07) is 7.36. The van der Waals surface area contributed by atoms with Crippen LogP contribution < -0.4 is 5.32 Å². The molecule has 0 spiro atoms. The van der Waals surface area contributed by atoms with Gasteiger partial charge in [0.25, 0.3) is 5.91 Å². The minimum absolute atomic E-state index is 0.150. The van der Waals surface area contributed by atoms with Crippen molar-refractivity contribution in [2.24, 2.45) is 0 Å². The van der Waals surface area contributed by atoms with Gasteiger partial charge in [0, 0.05) is 23.1 Å². The number of rotatable bonds is 3. The first-order chi connectivity index (χ1) is 10.5. The summed E-state index contributed by atoms with van der Waals surface area (Å²) in [6.07, 6.45) is 1.65. The molecule has 0 aliphatic carbocycles. The molecule has 1 amide bonds. The SMILES string of the molecule is Cc1c(C(=O)Nc2ccnn2C(C)C)oc2c(Cl)cccc12. The summed E-state index contributed by atoms with van der Waals surface area (Å²) in [7, 11) is 0. The maximum Gasteiger partial charge on any atom is 0.292 e. The van der Waals surface area contributed by atoms with Gasteiger partial charge < -0.3 is 9.73 Å². The zero-order valence-corrected chi connectivity index (χ0v) is 13.3. The quantitative estimate of drug-likeness (QED) is 0.777. The summed E-state index contributed by atoms with van der Waals surface area (Å²) in [6.45, 7) is 5.83. The molecule has 0 saturated carbocycles. The van der Waals surface area contributed by atoms with Gasteiger partial charge in [0.2, 0.25) is 0 Å². The Balaban J connectivity index is 1.97. The zero-order valence-electron chi connectivity index (χ0n) is 12.6. The van der Waals surface area contributed by atoms with E-state index in [0.717, 1.165) is 10.9 Å². The van der Waals surface area contributed by atoms with E-state index in [-0.39, 0.29) is 17.7 Å². The van der Waals surface area contributed by atoms with Crippen molar-refractivity contribution in [1.29, 1.82) is 0 Å². The topological polar surface area (TPSA) is 60.1 Å². The second-order valence-electron chi connectivity index (χ2n) is 5.38. The highest BCUT2D eigenvalue weighted by Crippen LogP contribution is 2.31. The number of benzene rings is 1. The van der Waals surface area contributed by atoms with E-state index in [1.807, 2.05) is 32.9 Å². The number of carbonyl (C=O) groups is 1. The van der Waals surface area contributed by atoms with Crippen LogP contribution in [0.2, 0.25) is 5.02 Å². The fourth-order valence-electron chi connectivity index (χ4n) is 2.42. The van der Waals surface area contributed by atoms with Gasteiger partial charge in [-0.2, -0.15) is 5.10 Å². The highest BCUT2D eigenvalue weighted by atomic mass is 35.5. The van der Waals surface area contributed by atoms with Gasteiger partial charge in [0.1, 0.15) is 5.82 Å². The van der Waals surface area contributed by atoms with Crippen LogP contribution in [0.4, 0.5) is 5.82 Å². The lowest BCUT2D eigenvalue weighted by atomic mass is 10.1. The highest BCUT2D eigenvalue weighted by Gasteiger charge is 2.20. The van der Waals surface area contributed by atoms with E-state index in [1.165, 1.54) is 0 Å². The van der Waals surface area contributed by atoms with E-state index >= 15 is 0 Å². The number of para-hydroxylation sites is 1. The lowest BCUT2D eigenvalue weighted by molar-refractivity contribution is 0.0997. The molecule has 2 aromatic heterocycles. The zero-order chi connectivity index (χ0) is 15.9. The Bertz CT molecular complexity index is 848. The molecule has 0 aliphatic heterocycles. The number of amides is 1. The van der Waals surface area contributed by atoms with Gasteiger partial charge in [-0.25, -0.2) is 4.68 Å². The Morgan fingerprint density at radius 2 is 2.14 bits per heavy atom. The molecule has 2 heterocycles. The van der Waals surface area contributed by atoms with Gasteiger partial charge in [-0.1, -0.05) is 23.7 Å². The number of aromatic nitrogens is 2. The molecule has 0 bridgehead atoms. The molecule has 114 valence electrons. The van der Waals surface area contributed by atoms with Gasteiger partial charge in [-0.05, 0) is 26.8 Å². The normalized spacial score (nSPS) is 11.3. The Kier molecular flexibility index (Phi) is 3.66. The molecule has 6 heteroatoms. The molecule has 22 heavy (non-hydrogen) atoms. The summed E-state index contributed by atoms with van der Waals surface area (Å²) in [5.41, 5.74) is 1.30. The number of nitrogens with zero attached hydrogens (tertiary/aromatic N) is 2. The molecule has 0 fully saturated rings. The van der Waals surface area contributed by atoms with E-state index < -0.39 is 0 Å². The Morgan fingerprint density at radius 3 is 2.82 bits per heavy atom. The maximum absolute atomic E-state index is 12.5. The molecule has 0 aliphatic rings. The third kappa shape index (κ3) is 2.37. The maximum atomic E-state index is 12.5. The van der Waals surface area contributed by atoms with Crippen molar-refractivity contribution in [3.8, 4) is 0 Å². The van der Waals surface area contributed by atoms with E-state index in [2.05, 4.69) is 10.4 Å². The largest absolute Gasteiger partial charge is 0.449 e. The van der Waals surface area contributed by atoms with E-state index in [1.54, 1.807) is 23.0 Å². The standard InChI is InChI=1S/C16H16ClN3O2/c1-9(2)20-13(7-8-18-20)19-16(21)14-10(3)11-5-4-6-12(17)15(11)22-14/h4-9H,1-3H3,(H,19,21). The van der Waals surface area contributed by atoms with Crippen LogP contribution in [0.1, 0.15) is 36.0 Å². The molecular formula is C16H16ClN3O2. The average Bonchev–Trinajstić information content (AvgIpc) is 3.05. The first-order valence-electron chi connectivity index (χ1n) is 7.01. The van der Waals surface area contributed by atoms with E-state index in [0.29, 0.717) is 16.4 Å². The first kappa shape index (κ1) is 14.7. The molecule has 0 unspecified atom stereocenters. The van der Waals surface area contributed by atoms with Crippen molar-refractivity contribution in [2.75, 3.05) is 5.32 Å². The summed E-state index contributed by atoms with van der Waals surface area (Å²) in [5.74, 6) is 0.581. The highest BCUT2D eigenvalue weighted by molar-refractivity contribution is 6.35. The van der Waals surface area contributed by atoms with Crippen molar-refractivity contribution >= 4 is 34.3 Å². The van der Waals surface area contributed by atoms with Crippen LogP contribution in [0.3, 0.4) is 0 Å². The molecule has 3 aromatic rings. The first-order valence-corrected chi connectivity index (χ1v) is 7.39. The van der Waals surface area contributed by atoms with Crippen molar-refractivity contribution in [1.82, 2.24) is 9.78 Å². The number of carbonyl (C=O) groups excluding carboxylic acids is 1. The molecule has 0 saturated heterocycles. The van der Waals surface area contributed by atoms with Crippen molar-refractivity contribution < 1.29 is 9.21 Å². The van der Waals surface area contributed by atoms with Crippen LogP contribution in [0.15, 0.2) is 34.9 Å². The van der Waals surface area contributed by atoms with Gasteiger partial charge >= 0.3 is 0 Å². The third-order valence-electron chi connectivity index (χ3n) is 3.52. The molecule has 1 aromatic carbocycles. The fraction of sp³-hybridized carbons (Fsp3) is 0.250. The summed E-state index contributed by atoms with van der Waals surface area (Å²) < 4.78 is 7.41. The second-order valence-corrected chi connectivity index (χ2v) is 5.79. The van der Waals surface area contributed by atoms with Crippen LogP contribution in [-0.4, -0.2) is 15.7 Å². The Labute approximate surface area is 132 Å². The van der Waals surface area contributed by atoms with Crippen LogP contribution in [0, 0.1) is 6.92 Å². The van der Waals surface area contributed by atoms with Gasteiger partial charge in [-0.15, -0.1) is 0 Å². The number of aryl methyl sites for hydroxylation is 1. The van der Waals surface area contributed by atoms with E-state index in [9.17, 15) is 4.79 Å². The van der Waals surface area contributed by atoms with Crippen molar-refractivity contribution in [3.63, 3.8) is 0 Å². The summed E-state index contributed by atoms with van der Waals surface area (Å²) >= 11 is 6.12. The number of furan rings is 1. The lowest BCUT2D eigenvalue weighted by Crippen LogP contribution is -2.16. The second kappa shape index (κ2) is 5.50. The molecule has 5 nitrogen and oxygen atoms in total. The summed E-state index contributed by atoms with van der Waals surface area (Å²) in [5, 5.41) is 8.36. The predicted octanol–water partition coefficient (Wildman–Crippen LogP) is 4.42. The van der Waals surface area contributed by atoms with Crippen molar-refractivity contribution in [2.45, 2.75) is 26.8 Å². The number of halogens is 1. The van der Waals surface area contributed by atoms with Gasteiger partial charge in [0.05, 0.1) is 11.2 Å². The molecular weight excluding hydrogens is 302 g/mol. The van der Waals surface area contributed by atoms with Crippen molar-refractivity contribution in [3.05, 3.63) is 46.8 Å². The van der Waals surface area contributed by atoms with Gasteiger partial charge in [-0.3, -0.25) is 4.79 Å². The van der Waals surface area contributed by atoms with Crippen LogP contribution in [-0.2, 0) is 0 Å². The number of hydrogen-bond acceptors (Lipinski definition) is 3. The van der Waals surface area contributed by atoms with Crippen LogP contribution in [0.25, 0.3) is 11.0 Å². The Morgan fingerprint density at radius 1 is 1.36 bits per heavy atom. The predicted molar refractivity (Wildman–Crippen MR) is 86.5 cm³/mol. The smallest absolute Gasteiger partial charge is 0.292 e. The Hall–Kier alpha value is -2.27. The summed E-state index contributed by atoms with van der Waals surface area (Å²) in [4.78, 5) is 12.5. The van der Waals surface area contributed by atoms with Crippen LogP contribution >= 0.6 is 11.6 Å². The third-order valence-corrected chi connectivity index (χ3v) is 3.82. The number of hydrogen-bond donors (Lipinski definition) is 1. The lowest BCUT2D eigenvalue weighted by Gasteiger charge is -2.11. The molecule has 0 atom stereocenters. The number of anilines is 1. The molecule has 1 N–H and O–H groups in total. The minimum Gasteiger partial charge on any atom is -0.449 e. The van der Waals surface area contributed by atoms with Crippen LogP contribution in [0.5, 0.6) is 0 Å². The van der Waals surface area contributed by atoms with Gasteiger partial charge in [0.15, 0.2) is 11.3 Å². The number of nitrogens with one attached hydrogen (secondary N) is 1. The monoisotopic (exact) mass is 317 g/mol. The molecule has 0 radical (unpaired) electrons. The van der Waals surface area contributed by atoms with E-state index in [4.69, 9.17) is 16.0 Å². The fourth-order valence-corrected chi connectivity index (χ4v) is 2.64. The molecule has 3 rings (SSSR count).